The first kappa shape index (κ1) is 49.9. The van der Waals surface area contributed by atoms with E-state index in [2.05, 4.69) is 58.3 Å². The Morgan fingerprint density at radius 3 is 2.03 bits per heavy atom. The van der Waals surface area contributed by atoms with Crippen LogP contribution in [0.2, 0.25) is 0 Å². The van der Waals surface area contributed by atoms with Crippen molar-refractivity contribution in [3.05, 3.63) is 46.8 Å². The molecule has 0 saturated heterocycles. The summed E-state index contributed by atoms with van der Waals surface area (Å²) in [6.45, 7) is 27.5. The quantitative estimate of drug-likeness (QED) is 0.183. The third kappa shape index (κ3) is 9.08. The highest BCUT2D eigenvalue weighted by atomic mass is 19.1. The van der Waals surface area contributed by atoms with Crippen LogP contribution < -0.4 is 0 Å². The molecule has 10 heteroatoms. The Labute approximate surface area is 373 Å². The Balaban J connectivity index is 0.00000358. The zero-order chi connectivity index (χ0) is 46.4. The van der Waals surface area contributed by atoms with Crippen molar-refractivity contribution in [2.24, 2.45) is 56.2 Å². The van der Waals surface area contributed by atoms with E-state index >= 15 is 0 Å². The minimum Gasteiger partial charge on any atom is -0.481 e. The molecule has 0 amide bonds. The summed E-state index contributed by atoms with van der Waals surface area (Å²) < 4.78 is 26.7. The van der Waals surface area contributed by atoms with Gasteiger partial charge in [-0.1, -0.05) is 74.4 Å². The molecule has 4 fully saturated rings. The zero-order valence-corrected chi connectivity index (χ0v) is 40.8. The summed E-state index contributed by atoms with van der Waals surface area (Å²) in [7, 11) is 4.09. The molecule has 0 bridgehead atoms. The number of allylic oxidation sites excluding steroid dienone is 1. The number of Topliss-reactive ketones (excluding diaryl/α,β-unsaturated/α-hetero) is 1. The summed E-state index contributed by atoms with van der Waals surface area (Å²) in [5, 5.41) is 9.67. The predicted octanol–water partition coefficient (Wildman–Crippen LogP) is 10.5. The molecular formula is C52H81FN2O7. The van der Waals surface area contributed by atoms with Crippen LogP contribution in [0.5, 0.6) is 0 Å². The molecule has 0 spiro atoms. The number of carbonyl (C=O) groups is 4. The summed E-state index contributed by atoms with van der Waals surface area (Å²) in [4.78, 5) is 57.2. The van der Waals surface area contributed by atoms with E-state index in [4.69, 9.17) is 9.47 Å². The number of carboxylic acid groups (broad SMARTS) is 1. The van der Waals surface area contributed by atoms with Crippen molar-refractivity contribution >= 4 is 23.7 Å². The molecule has 0 radical (unpaired) electrons. The standard InChI is InChI=1S/C50H75FN2O7.C2H6/c1-31(2)42-35(55)27-50(40(59-32(3)54)30-53(26-25-52(11)12)29-33-13-15-34(51)16-14-33)24-19-38-48(9)21-17-36-46(6,7)39(60-41(56)28-45(4,5)44(57)58)20-23-47(36,8)37(48)18-22-49(38,10)43(42)50;1-2/h13-16,31,36-40H,17-30H2,1-12H3,(H,57,58);1-2H3/t36-,37?,38?,39?,40?,47?,48?,49?,50?;/m0./s1. The van der Waals surface area contributed by atoms with Crippen molar-refractivity contribution in [3.63, 3.8) is 0 Å². The minimum absolute atomic E-state index is 0.00744. The van der Waals surface area contributed by atoms with Gasteiger partial charge in [0.15, 0.2) is 5.78 Å². The number of carbonyl (C=O) groups excluding carboxylic acids is 3. The Kier molecular flexibility index (Phi) is 14.8. The van der Waals surface area contributed by atoms with Crippen LogP contribution in [0, 0.1) is 62.0 Å². The number of likely N-dealkylation sites (N-methyl/N-ethyl adjacent to an activating group) is 1. The smallest absolute Gasteiger partial charge is 0.309 e. The number of hydrogen-bond acceptors (Lipinski definition) is 8. The van der Waals surface area contributed by atoms with Crippen LogP contribution in [-0.2, 0) is 35.2 Å². The highest BCUT2D eigenvalue weighted by molar-refractivity contribution is 6.01. The molecule has 9 nitrogen and oxygen atoms in total. The van der Waals surface area contributed by atoms with Gasteiger partial charge in [-0.3, -0.25) is 24.1 Å². The van der Waals surface area contributed by atoms with Crippen molar-refractivity contribution < 1.29 is 38.1 Å². The molecule has 0 aliphatic heterocycles. The molecule has 0 aromatic heterocycles. The maximum Gasteiger partial charge on any atom is 0.309 e. The summed E-state index contributed by atoms with van der Waals surface area (Å²) >= 11 is 0. The lowest BCUT2D eigenvalue weighted by molar-refractivity contribution is -0.224. The van der Waals surface area contributed by atoms with Crippen molar-refractivity contribution in [2.45, 2.75) is 166 Å². The van der Waals surface area contributed by atoms with Gasteiger partial charge in [-0.05, 0) is 148 Å². The van der Waals surface area contributed by atoms with Gasteiger partial charge in [0.05, 0.1) is 11.8 Å². The van der Waals surface area contributed by atoms with Gasteiger partial charge >= 0.3 is 17.9 Å². The fourth-order valence-corrected chi connectivity index (χ4v) is 14.4. The number of benzene rings is 1. The fourth-order valence-electron chi connectivity index (χ4n) is 14.4. The SMILES string of the molecule is CC.CC(=O)OC(CN(CCN(C)C)Cc1ccc(F)cc1)C12CCC3C(C)(CCC4C3(C)CC[C@H]3C(C)(C)C(OC(=O)CC(C)(C)C(=O)O)CCC43C)C1=C(C(C)C)C(=O)C2. The zero-order valence-electron chi connectivity index (χ0n) is 40.8. The van der Waals surface area contributed by atoms with Crippen LogP contribution in [0.15, 0.2) is 35.4 Å². The first-order valence-electron chi connectivity index (χ1n) is 23.8. The molecule has 1 aromatic carbocycles. The normalized spacial score (nSPS) is 33.2. The van der Waals surface area contributed by atoms with E-state index in [-0.39, 0.29) is 57.7 Å². The van der Waals surface area contributed by atoms with Gasteiger partial charge in [-0.25, -0.2) is 4.39 Å². The number of fused-ring (bicyclic) bond motifs is 7. The van der Waals surface area contributed by atoms with Gasteiger partial charge in [0.25, 0.3) is 0 Å². The molecule has 4 saturated carbocycles. The molecule has 1 aromatic rings. The number of nitrogens with zero attached hydrogens (tertiary/aromatic N) is 2. The maximum atomic E-state index is 14.6. The van der Waals surface area contributed by atoms with Gasteiger partial charge in [0, 0.05) is 50.4 Å². The van der Waals surface area contributed by atoms with Crippen LogP contribution in [-0.4, -0.2) is 84.5 Å². The van der Waals surface area contributed by atoms with E-state index in [9.17, 15) is 28.7 Å². The molecule has 0 heterocycles. The molecule has 348 valence electrons. The Bertz CT molecular complexity index is 1850. The van der Waals surface area contributed by atoms with Crippen molar-refractivity contribution in [2.75, 3.05) is 33.7 Å². The number of hydrogen-bond donors (Lipinski definition) is 1. The summed E-state index contributed by atoms with van der Waals surface area (Å²) in [5.74, 6) is -0.717. The summed E-state index contributed by atoms with van der Waals surface area (Å²) in [6.07, 6.45) is 6.86. The third-order valence-corrected chi connectivity index (χ3v) is 17.1. The van der Waals surface area contributed by atoms with Gasteiger partial charge in [0.1, 0.15) is 18.0 Å². The van der Waals surface area contributed by atoms with E-state index in [0.717, 1.165) is 75.6 Å². The maximum absolute atomic E-state index is 14.6. The average Bonchev–Trinajstić information content (AvgIpc) is 3.50. The first-order chi connectivity index (χ1) is 28.8. The molecule has 8 unspecified atom stereocenters. The highest BCUT2D eigenvalue weighted by Crippen LogP contribution is 2.76. The molecular weight excluding hydrogens is 784 g/mol. The fraction of sp³-hybridized carbons (Fsp3) is 0.769. The lowest BCUT2D eigenvalue weighted by Crippen LogP contribution is -2.65. The number of rotatable bonds is 14. The van der Waals surface area contributed by atoms with Crippen LogP contribution in [0.25, 0.3) is 0 Å². The lowest BCUT2D eigenvalue weighted by Gasteiger charge is -2.71. The summed E-state index contributed by atoms with van der Waals surface area (Å²) in [5.41, 5.74) is 0.877. The van der Waals surface area contributed by atoms with Crippen molar-refractivity contribution in [3.8, 4) is 0 Å². The van der Waals surface area contributed by atoms with Gasteiger partial charge in [-0.15, -0.1) is 0 Å². The van der Waals surface area contributed by atoms with Gasteiger partial charge in [-0.2, -0.15) is 0 Å². The number of ether oxygens (including phenoxy) is 2. The predicted molar refractivity (Wildman–Crippen MR) is 242 cm³/mol. The Hall–Kier alpha value is -3.11. The van der Waals surface area contributed by atoms with Gasteiger partial charge < -0.3 is 19.5 Å². The largest absolute Gasteiger partial charge is 0.481 e. The second-order valence-electron chi connectivity index (χ2n) is 22.4. The third-order valence-electron chi connectivity index (χ3n) is 17.1. The first-order valence-corrected chi connectivity index (χ1v) is 23.8. The second-order valence-corrected chi connectivity index (χ2v) is 22.4. The lowest BCUT2D eigenvalue weighted by atomic mass is 9.34. The molecule has 62 heavy (non-hydrogen) atoms. The topological polar surface area (TPSA) is 113 Å². The summed E-state index contributed by atoms with van der Waals surface area (Å²) in [6, 6.07) is 6.63. The van der Waals surface area contributed by atoms with Gasteiger partial charge in [0.2, 0.25) is 0 Å². The number of carboxylic acids is 1. The average molecular weight is 865 g/mol. The van der Waals surface area contributed by atoms with E-state index in [1.165, 1.54) is 24.6 Å². The minimum atomic E-state index is -1.19. The second kappa shape index (κ2) is 18.4. The van der Waals surface area contributed by atoms with Crippen molar-refractivity contribution in [1.29, 1.82) is 0 Å². The van der Waals surface area contributed by atoms with E-state index in [0.29, 0.717) is 37.3 Å². The number of esters is 2. The van der Waals surface area contributed by atoms with Crippen molar-refractivity contribution in [1.82, 2.24) is 9.80 Å². The monoisotopic (exact) mass is 865 g/mol. The van der Waals surface area contributed by atoms with E-state index in [1.54, 1.807) is 13.8 Å². The molecule has 1 N–H and O–H groups in total. The van der Waals surface area contributed by atoms with Crippen LogP contribution >= 0.6 is 0 Å². The number of ketones is 1. The molecule has 5 aliphatic carbocycles. The molecule has 6 rings (SSSR count). The molecule has 9 atom stereocenters. The number of halogens is 1. The highest BCUT2D eigenvalue weighted by Gasteiger charge is 2.70. The van der Waals surface area contributed by atoms with Crippen LogP contribution in [0.1, 0.15) is 153 Å². The van der Waals surface area contributed by atoms with E-state index < -0.39 is 28.9 Å². The Morgan fingerprint density at radius 1 is 0.871 bits per heavy atom. The Morgan fingerprint density at radius 2 is 1.45 bits per heavy atom. The van der Waals surface area contributed by atoms with Crippen LogP contribution in [0.4, 0.5) is 4.39 Å². The molecule has 5 aliphatic rings. The van der Waals surface area contributed by atoms with E-state index in [1.807, 2.05) is 40.1 Å². The number of aliphatic carboxylic acids is 1. The van der Waals surface area contributed by atoms with Crippen LogP contribution in [0.3, 0.4) is 0 Å².